The fourth-order valence-corrected chi connectivity index (χ4v) is 1.74. The minimum Gasteiger partial charge on any atom is -0.372 e. The van der Waals surface area contributed by atoms with Gasteiger partial charge in [0.2, 0.25) is 5.91 Å². The molecule has 1 unspecified atom stereocenters. The second-order valence-electron chi connectivity index (χ2n) is 4.51. The summed E-state index contributed by atoms with van der Waals surface area (Å²) < 4.78 is 5.29. The van der Waals surface area contributed by atoms with E-state index in [4.69, 9.17) is 10.5 Å². The van der Waals surface area contributed by atoms with Crippen LogP contribution in [0.5, 0.6) is 0 Å². The lowest BCUT2D eigenvalue weighted by atomic mass is 10.2. The summed E-state index contributed by atoms with van der Waals surface area (Å²) in [7, 11) is 0. The van der Waals surface area contributed by atoms with Crippen LogP contribution in [0.3, 0.4) is 0 Å². The molecule has 4 nitrogen and oxygen atoms in total. The Kier molecular flexibility index (Phi) is 6.42. The minimum atomic E-state index is -0.0288. The predicted octanol–water partition coefficient (Wildman–Crippen LogP) is 1.05. The molecule has 0 aromatic carbocycles. The van der Waals surface area contributed by atoms with Crippen LogP contribution < -0.4 is 11.1 Å². The van der Waals surface area contributed by atoms with Crippen molar-refractivity contribution >= 4 is 5.91 Å². The lowest BCUT2D eigenvalue weighted by Gasteiger charge is -2.15. The lowest BCUT2D eigenvalue weighted by Crippen LogP contribution is -2.43. The van der Waals surface area contributed by atoms with Gasteiger partial charge < -0.3 is 15.8 Å². The molecule has 1 rings (SSSR count). The standard InChI is InChI=1S/C12H24N2O2/c1-2-3-4-7-16-9-12(15)14-11(8-13)10-5-6-10/h10-11H,2-9,13H2,1H3,(H,14,15). The molecule has 0 saturated heterocycles. The number of hydrogen-bond donors (Lipinski definition) is 2. The summed E-state index contributed by atoms with van der Waals surface area (Å²) in [5, 5.41) is 2.93. The van der Waals surface area contributed by atoms with E-state index in [0.717, 1.165) is 12.8 Å². The highest BCUT2D eigenvalue weighted by atomic mass is 16.5. The molecule has 1 saturated carbocycles. The predicted molar refractivity (Wildman–Crippen MR) is 64.1 cm³/mol. The molecule has 4 heteroatoms. The second-order valence-corrected chi connectivity index (χ2v) is 4.51. The monoisotopic (exact) mass is 228 g/mol. The fourth-order valence-electron chi connectivity index (χ4n) is 1.74. The second kappa shape index (κ2) is 7.63. The summed E-state index contributed by atoms with van der Waals surface area (Å²) in [6.45, 7) is 3.53. The number of nitrogens with two attached hydrogens (primary N) is 1. The van der Waals surface area contributed by atoms with Gasteiger partial charge in [-0.2, -0.15) is 0 Å². The zero-order valence-corrected chi connectivity index (χ0v) is 10.2. The van der Waals surface area contributed by atoms with Crippen LogP contribution in [0.2, 0.25) is 0 Å². The van der Waals surface area contributed by atoms with Crippen molar-refractivity contribution in [3.63, 3.8) is 0 Å². The Morgan fingerprint density at radius 1 is 1.50 bits per heavy atom. The maximum absolute atomic E-state index is 11.5. The number of amides is 1. The third-order valence-corrected chi connectivity index (χ3v) is 2.92. The summed E-state index contributed by atoms with van der Waals surface area (Å²) >= 11 is 0. The maximum atomic E-state index is 11.5. The van der Waals surface area contributed by atoms with Crippen LogP contribution in [0.25, 0.3) is 0 Å². The van der Waals surface area contributed by atoms with Gasteiger partial charge in [-0.3, -0.25) is 4.79 Å². The van der Waals surface area contributed by atoms with E-state index in [0.29, 0.717) is 19.1 Å². The van der Waals surface area contributed by atoms with Crippen molar-refractivity contribution in [1.29, 1.82) is 0 Å². The minimum absolute atomic E-state index is 0.0288. The number of rotatable bonds is 9. The number of carbonyl (C=O) groups excluding carboxylic acids is 1. The maximum Gasteiger partial charge on any atom is 0.246 e. The quantitative estimate of drug-likeness (QED) is 0.580. The van der Waals surface area contributed by atoms with Gasteiger partial charge in [-0.1, -0.05) is 19.8 Å². The molecular weight excluding hydrogens is 204 g/mol. The van der Waals surface area contributed by atoms with Crippen LogP contribution in [0.15, 0.2) is 0 Å². The molecule has 94 valence electrons. The molecule has 1 aliphatic rings. The number of hydrogen-bond acceptors (Lipinski definition) is 3. The Hall–Kier alpha value is -0.610. The first-order valence-corrected chi connectivity index (χ1v) is 6.35. The van der Waals surface area contributed by atoms with E-state index in [1.165, 1.54) is 19.3 Å². The average molecular weight is 228 g/mol. The van der Waals surface area contributed by atoms with Crippen LogP contribution in [-0.2, 0) is 9.53 Å². The van der Waals surface area contributed by atoms with Crippen molar-refractivity contribution < 1.29 is 9.53 Å². The van der Waals surface area contributed by atoms with Crippen LogP contribution in [0.1, 0.15) is 39.0 Å². The Morgan fingerprint density at radius 3 is 2.81 bits per heavy atom. The van der Waals surface area contributed by atoms with E-state index < -0.39 is 0 Å². The first-order valence-electron chi connectivity index (χ1n) is 6.35. The summed E-state index contributed by atoms with van der Waals surface area (Å²) in [6, 6.07) is 0.159. The molecule has 16 heavy (non-hydrogen) atoms. The van der Waals surface area contributed by atoms with Gasteiger partial charge in [0.25, 0.3) is 0 Å². The molecule has 0 aromatic heterocycles. The first kappa shape index (κ1) is 13.5. The summed E-state index contributed by atoms with van der Waals surface area (Å²) in [5.74, 6) is 0.577. The summed E-state index contributed by atoms with van der Waals surface area (Å²) in [4.78, 5) is 11.5. The lowest BCUT2D eigenvalue weighted by molar-refractivity contribution is -0.126. The van der Waals surface area contributed by atoms with Crippen molar-refractivity contribution in [2.45, 2.75) is 45.1 Å². The zero-order chi connectivity index (χ0) is 11.8. The Bertz CT molecular complexity index is 205. The van der Waals surface area contributed by atoms with E-state index in [2.05, 4.69) is 12.2 Å². The van der Waals surface area contributed by atoms with Crippen LogP contribution in [0, 0.1) is 5.92 Å². The highest BCUT2D eigenvalue weighted by Crippen LogP contribution is 2.32. The van der Waals surface area contributed by atoms with Crippen molar-refractivity contribution in [1.82, 2.24) is 5.32 Å². The van der Waals surface area contributed by atoms with Crippen molar-refractivity contribution in [3.05, 3.63) is 0 Å². The van der Waals surface area contributed by atoms with E-state index in [1.54, 1.807) is 0 Å². The van der Waals surface area contributed by atoms with Crippen molar-refractivity contribution in [2.24, 2.45) is 11.7 Å². The van der Waals surface area contributed by atoms with Crippen LogP contribution in [0.4, 0.5) is 0 Å². The Morgan fingerprint density at radius 2 is 2.25 bits per heavy atom. The molecule has 0 aromatic rings. The summed E-state index contributed by atoms with van der Waals surface area (Å²) in [5.41, 5.74) is 5.60. The topological polar surface area (TPSA) is 64.3 Å². The van der Waals surface area contributed by atoms with Gasteiger partial charge in [0.15, 0.2) is 0 Å². The van der Waals surface area contributed by atoms with Gasteiger partial charge in [-0.15, -0.1) is 0 Å². The average Bonchev–Trinajstić information content (AvgIpc) is 3.09. The van der Waals surface area contributed by atoms with Crippen molar-refractivity contribution in [2.75, 3.05) is 19.8 Å². The SMILES string of the molecule is CCCCCOCC(=O)NC(CN)C1CC1. The normalized spacial score (nSPS) is 17.1. The highest BCUT2D eigenvalue weighted by molar-refractivity contribution is 5.77. The number of carbonyl (C=O) groups is 1. The summed E-state index contributed by atoms with van der Waals surface area (Å²) in [6.07, 6.45) is 5.76. The van der Waals surface area contributed by atoms with Gasteiger partial charge in [0, 0.05) is 19.2 Å². The third kappa shape index (κ3) is 5.47. The Labute approximate surface area is 97.9 Å². The van der Waals surface area contributed by atoms with Crippen LogP contribution >= 0.6 is 0 Å². The molecule has 0 aliphatic heterocycles. The van der Waals surface area contributed by atoms with Gasteiger partial charge in [0.1, 0.15) is 6.61 Å². The molecule has 1 aliphatic carbocycles. The van der Waals surface area contributed by atoms with Gasteiger partial charge in [0.05, 0.1) is 0 Å². The number of nitrogens with one attached hydrogen (secondary N) is 1. The van der Waals surface area contributed by atoms with E-state index in [9.17, 15) is 4.79 Å². The molecule has 1 amide bonds. The Balaban J connectivity index is 2.01. The fraction of sp³-hybridized carbons (Fsp3) is 0.917. The third-order valence-electron chi connectivity index (χ3n) is 2.92. The van der Waals surface area contributed by atoms with Crippen molar-refractivity contribution in [3.8, 4) is 0 Å². The van der Waals surface area contributed by atoms with E-state index >= 15 is 0 Å². The molecular formula is C12H24N2O2. The molecule has 0 spiro atoms. The van der Waals surface area contributed by atoms with E-state index in [1.807, 2.05) is 0 Å². The highest BCUT2D eigenvalue weighted by Gasteiger charge is 2.31. The largest absolute Gasteiger partial charge is 0.372 e. The molecule has 0 radical (unpaired) electrons. The number of ether oxygens (including phenoxy) is 1. The smallest absolute Gasteiger partial charge is 0.246 e. The van der Waals surface area contributed by atoms with Gasteiger partial charge >= 0.3 is 0 Å². The zero-order valence-electron chi connectivity index (χ0n) is 10.2. The molecule has 3 N–H and O–H groups in total. The molecule has 0 bridgehead atoms. The van der Waals surface area contributed by atoms with Crippen LogP contribution in [-0.4, -0.2) is 31.7 Å². The first-order chi connectivity index (χ1) is 7.77. The van der Waals surface area contributed by atoms with E-state index in [-0.39, 0.29) is 18.6 Å². The number of unbranched alkanes of at least 4 members (excludes halogenated alkanes) is 2. The molecule has 1 atom stereocenters. The molecule has 0 heterocycles. The van der Waals surface area contributed by atoms with Gasteiger partial charge in [-0.25, -0.2) is 0 Å². The van der Waals surface area contributed by atoms with Gasteiger partial charge in [-0.05, 0) is 25.2 Å². The molecule has 1 fully saturated rings.